The number of aliphatic hydroxyl groups is 1. The predicted octanol–water partition coefficient (Wildman–Crippen LogP) is 0.183. The number of hydrogen-bond acceptors (Lipinski definition) is 3. The smallest absolute Gasteiger partial charge is 1.00 e. The topological polar surface area (TPSA) is 32.7 Å². The third kappa shape index (κ3) is 8.84. The first-order valence-electron chi connectivity index (χ1n) is 8.24. The van der Waals surface area contributed by atoms with Gasteiger partial charge in [0.05, 0.1) is 19.8 Å². The molecule has 116 valence electrons. The summed E-state index contributed by atoms with van der Waals surface area (Å²) < 4.78 is 5.59. The third-order valence-corrected chi connectivity index (χ3v) is 4.28. The number of aliphatic hydroxyl groups excluding tert-OH is 1. The van der Waals surface area contributed by atoms with E-state index in [0.717, 1.165) is 32.2 Å². The normalized spacial score (nSPS) is 20.1. The molecule has 1 N–H and O–H groups in total. The van der Waals surface area contributed by atoms with Crippen LogP contribution in [-0.2, 0) is 4.74 Å². The number of rotatable bonds is 10. The van der Waals surface area contributed by atoms with Gasteiger partial charge in [0, 0.05) is 19.1 Å². The van der Waals surface area contributed by atoms with E-state index in [1.54, 1.807) is 0 Å². The van der Waals surface area contributed by atoms with Gasteiger partial charge in [0.1, 0.15) is 0 Å². The Morgan fingerprint density at radius 3 is 2.55 bits per heavy atom. The Bertz CT molecular complexity index is 214. The number of β-amino-alcohol motifs (C(OH)–C–C–N with tert-alkyl or cyclic N) is 1. The number of morpholine rings is 1. The molecule has 0 saturated carbocycles. The maximum Gasteiger partial charge on any atom is 1.00 e. The van der Waals surface area contributed by atoms with E-state index in [1.165, 1.54) is 44.9 Å². The van der Waals surface area contributed by atoms with Crippen molar-refractivity contribution in [1.29, 1.82) is 0 Å². The van der Waals surface area contributed by atoms with E-state index in [-0.39, 0.29) is 59.4 Å². The summed E-state index contributed by atoms with van der Waals surface area (Å²) >= 11 is 0. The van der Waals surface area contributed by atoms with E-state index >= 15 is 0 Å². The Hall–Kier alpha value is 1.52. The number of hydrogen-bond donors (Lipinski definition) is 1. The molecule has 1 fully saturated rings. The van der Waals surface area contributed by atoms with Gasteiger partial charge in [-0.05, 0) is 12.3 Å². The molecular formula is C16H34KNO2. The predicted molar refractivity (Wildman–Crippen MR) is 81.5 cm³/mol. The van der Waals surface area contributed by atoms with Crippen molar-refractivity contribution in [3.8, 4) is 0 Å². The molecule has 1 aliphatic heterocycles. The summed E-state index contributed by atoms with van der Waals surface area (Å²) in [6.07, 6.45) is 9.29. The largest absolute Gasteiger partial charge is 1.00 e. The minimum atomic E-state index is 0. The first-order chi connectivity index (χ1) is 9.31. The van der Waals surface area contributed by atoms with Crippen molar-refractivity contribution >= 4 is 0 Å². The number of ether oxygens (including phenoxy) is 1. The molecule has 1 atom stereocenters. The van der Waals surface area contributed by atoms with E-state index in [0.29, 0.717) is 6.04 Å². The van der Waals surface area contributed by atoms with Crippen LogP contribution in [-0.4, -0.2) is 49.0 Å². The van der Waals surface area contributed by atoms with Gasteiger partial charge < -0.3 is 11.3 Å². The van der Waals surface area contributed by atoms with Crippen LogP contribution in [0, 0.1) is 5.92 Å². The summed E-state index contributed by atoms with van der Waals surface area (Å²) in [5.41, 5.74) is 0. The molecule has 20 heavy (non-hydrogen) atoms. The van der Waals surface area contributed by atoms with Crippen LogP contribution in [0.15, 0.2) is 0 Å². The zero-order chi connectivity index (χ0) is 13.9. The summed E-state index contributed by atoms with van der Waals surface area (Å²) in [4.78, 5) is 2.40. The van der Waals surface area contributed by atoms with E-state index in [2.05, 4.69) is 18.7 Å². The molecule has 1 rings (SSSR count). The van der Waals surface area contributed by atoms with Gasteiger partial charge in [0.2, 0.25) is 0 Å². The van der Waals surface area contributed by atoms with Crippen molar-refractivity contribution in [3.63, 3.8) is 0 Å². The number of nitrogens with zero attached hydrogens (tertiary/aromatic N) is 1. The van der Waals surface area contributed by atoms with Gasteiger partial charge in [-0.3, -0.25) is 4.90 Å². The Kier molecular flexibility index (Phi) is 15.2. The molecule has 0 spiro atoms. The molecule has 0 amide bonds. The average molecular weight is 312 g/mol. The monoisotopic (exact) mass is 311 g/mol. The molecule has 1 unspecified atom stereocenters. The van der Waals surface area contributed by atoms with E-state index in [4.69, 9.17) is 9.84 Å². The fraction of sp³-hybridized carbons (Fsp3) is 1.00. The standard InChI is InChI=1S/C16H33NO2.K.H/c1-3-6-15(7-4-2)8-5-9-16-14-19-13-11-17(16)10-12-18;;/h15-16,18H,3-14H2,1-2H3;;/q;+1;-1. The Morgan fingerprint density at radius 1 is 1.25 bits per heavy atom. The molecule has 3 nitrogen and oxygen atoms in total. The molecule has 0 aromatic heterocycles. The fourth-order valence-electron chi connectivity index (χ4n) is 3.27. The first kappa shape index (κ1) is 21.5. The van der Waals surface area contributed by atoms with Gasteiger partial charge >= 0.3 is 51.4 Å². The van der Waals surface area contributed by atoms with Crippen molar-refractivity contribution in [2.45, 2.75) is 64.8 Å². The van der Waals surface area contributed by atoms with Crippen LogP contribution in [0.2, 0.25) is 0 Å². The second kappa shape index (κ2) is 14.1. The van der Waals surface area contributed by atoms with Crippen LogP contribution in [0.25, 0.3) is 0 Å². The van der Waals surface area contributed by atoms with Gasteiger partial charge in [-0.1, -0.05) is 52.4 Å². The quantitative estimate of drug-likeness (QED) is 0.584. The molecular weight excluding hydrogens is 277 g/mol. The zero-order valence-corrected chi connectivity index (χ0v) is 17.1. The zero-order valence-electron chi connectivity index (χ0n) is 14.9. The maximum absolute atomic E-state index is 9.11. The first-order valence-corrected chi connectivity index (χ1v) is 8.24. The summed E-state index contributed by atoms with van der Waals surface area (Å²) in [7, 11) is 0. The Labute approximate surface area is 169 Å². The molecule has 1 heterocycles. The minimum Gasteiger partial charge on any atom is -1.00 e. The van der Waals surface area contributed by atoms with E-state index in [1.807, 2.05) is 0 Å². The average Bonchev–Trinajstić information content (AvgIpc) is 2.41. The van der Waals surface area contributed by atoms with Crippen molar-refractivity contribution in [2.24, 2.45) is 5.92 Å². The van der Waals surface area contributed by atoms with Crippen molar-refractivity contribution in [2.75, 3.05) is 32.9 Å². The van der Waals surface area contributed by atoms with Crippen LogP contribution >= 0.6 is 0 Å². The van der Waals surface area contributed by atoms with Gasteiger partial charge in [-0.15, -0.1) is 0 Å². The molecule has 4 heteroatoms. The molecule has 1 aliphatic rings. The summed E-state index contributed by atoms with van der Waals surface area (Å²) in [5.74, 6) is 0.922. The maximum atomic E-state index is 9.11. The molecule has 1 saturated heterocycles. The van der Waals surface area contributed by atoms with Gasteiger partial charge in [-0.2, -0.15) is 0 Å². The van der Waals surface area contributed by atoms with E-state index in [9.17, 15) is 0 Å². The van der Waals surface area contributed by atoms with Crippen LogP contribution in [0.1, 0.15) is 60.2 Å². The molecule has 0 aliphatic carbocycles. The van der Waals surface area contributed by atoms with Gasteiger partial charge in [0.25, 0.3) is 0 Å². The van der Waals surface area contributed by atoms with Crippen LogP contribution in [0.5, 0.6) is 0 Å². The summed E-state index contributed by atoms with van der Waals surface area (Å²) in [6.45, 7) is 8.32. The van der Waals surface area contributed by atoms with Crippen molar-refractivity contribution in [3.05, 3.63) is 0 Å². The second-order valence-electron chi connectivity index (χ2n) is 5.86. The van der Waals surface area contributed by atoms with Gasteiger partial charge in [0.15, 0.2) is 0 Å². The minimum absolute atomic E-state index is 0. The second-order valence-corrected chi connectivity index (χ2v) is 5.86. The van der Waals surface area contributed by atoms with Gasteiger partial charge in [-0.25, -0.2) is 0 Å². The Balaban J connectivity index is 0. The van der Waals surface area contributed by atoms with Crippen molar-refractivity contribution in [1.82, 2.24) is 4.90 Å². The van der Waals surface area contributed by atoms with Crippen LogP contribution < -0.4 is 51.4 Å². The van der Waals surface area contributed by atoms with Crippen molar-refractivity contribution < 1.29 is 62.7 Å². The summed E-state index contributed by atoms with van der Waals surface area (Å²) in [5, 5.41) is 9.11. The molecule has 0 bridgehead atoms. The SMILES string of the molecule is CCCC(CCC)CCCC1COCCN1CCO.[H-].[K+]. The molecule has 0 radical (unpaired) electrons. The molecule has 0 aromatic rings. The van der Waals surface area contributed by atoms with Crippen LogP contribution in [0.3, 0.4) is 0 Å². The van der Waals surface area contributed by atoms with Crippen LogP contribution in [0.4, 0.5) is 0 Å². The molecule has 0 aromatic carbocycles. The third-order valence-electron chi connectivity index (χ3n) is 4.28. The fourth-order valence-corrected chi connectivity index (χ4v) is 3.27. The summed E-state index contributed by atoms with van der Waals surface area (Å²) in [6, 6.07) is 0.532. The Morgan fingerprint density at radius 2 is 1.95 bits per heavy atom. The van der Waals surface area contributed by atoms with E-state index < -0.39 is 0 Å².